The van der Waals surface area contributed by atoms with E-state index in [-0.39, 0.29) is 18.9 Å². The van der Waals surface area contributed by atoms with Gasteiger partial charge in [-0.25, -0.2) is 9.78 Å². The van der Waals surface area contributed by atoms with Crippen molar-refractivity contribution in [2.24, 2.45) is 0 Å². The van der Waals surface area contributed by atoms with Gasteiger partial charge in [0, 0.05) is 57.2 Å². The highest BCUT2D eigenvalue weighted by atomic mass is 16.7. The van der Waals surface area contributed by atoms with E-state index in [1.807, 2.05) is 59.0 Å². The monoisotopic (exact) mass is 524 g/mol. The third-order valence-corrected chi connectivity index (χ3v) is 6.08. The van der Waals surface area contributed by atoms with Crippen LogP contribution in [0.5, 0.6) is 5.75 Å². The van der Waals surface area contributed by atoms with Gasteiger partial charge in [0.05, 0.1) is 17.6 Å². The molecule has 12 heteroatoms. The maximum Gasteiger partial charge on any atom is 0.410 e. The van der Waals surface area contributed by atoms with E-state index in [0.29, 0.717) is 43.3 Å². The van der Waals surface area contributed by atoms with Gasteiger partial charge < -0.3 is 29.3 Å². The molecule has 2 N–H and O–H groups in total. The van der Waals surface area contributed by atoms with Crippen LogP contribution in [-0.2, 0) is 16.0 Å². The Labute approximate surface area is 222 Å². The number of piperazine rings is 1. The Bertz CT molecular complexity index is 1220. The van der Waals surface area contributed by atoms with Gasteiger partial charge in [-0.3, -0.25) is 5.10 Å². The Hall–Kier alpha value is -3.93. The molecule has 0 aromatic carbocycles. The summed E-state index contributed by atoms with van der Waals surface area (Å²) in [5, 5.41) is 19.2. The predicted molar refractivity (Wildman–Crippen MR) is 143 cm³/mol. The second-order valence-electron chi connectivity index (χ2n) is 10.2. The first-order valence-electron chi connectivity index (χ1n) is 12.6. The topological polar surface area (TPSA) is 131 Å². The largest absolute Gasteiger partial charge is 0.465 e. The first kappa shape index (κ1) is 27.1. The van der Waals surface area contributed by atoms with Gasteiger partial charge in [-0.05, 0) is 46.8 Å². The summed E-state index contributed by atoms with van der Waals surface area (Å²) in [6, 6.07) is 5.62. The zero-order valence-corrected chi connectivity index (χ0v) is 22.8. The molecular formula is C26H36N8O4. The van der Waals surface area contributed by atoms with Crippen LogP contribution in [-0.4, -0.2) is 81.6 Å². The molecule has 1 fully saturated rings. The highest BCUT2D eigenvalue weighted by Crippen LogP contribution is 2.30. The van der Waals surface area contributed by atoms with Gasteiger partial charge in [0.25, 0.3) is 0 Å². The standard InChI is InChI=1S/C26H36N8O4/c1-17-15-33(9-10-34(17)25(35)38-26(3,4)5)23-8-7-21(31-32-23)24-22(37-16-36-6)11-20(14-28-24)27-12-19-13-29-30-18(19)2/h7-8,11,13-14,17,27H,9-10,12,15-16H2,1-6H3,(H,29,30)/t17-/m1/s1. The average Bonchev–Trinajstić information content (AvgIpc) is 3.29. The van der Waals surface area contributed by atoms with E-state index in [2.05, 4.69) is 35.6 Å². The molecule has 1 amide bonds. The molecule has 204 valence electrons. The van der Waals surface area contributed by atoms with Crippen molar-refractivity contribution in [2.75, 3.05) is 43.8 Å². The molecule has 3 aromatic rings. The minimum absolute atomic E-state index is 0.0262. The van der Waals surface area contributed by atoms with E-state index < -0.39 is 5.60 Å². The number of rotatable bonds is 8. The van der Waals surface area contributed by atoms with E-state index in [4.69, 9.17) is 14.2 Å². The van der Waals surface area contributed by atoms with Crippen molar-refractivity contribution in [3.63, 3.8) is 0 Å². The first-order chi connectivity index (χ1) is 18.1. The van der Waals surface area contributed by atoms with Gasteiger partial charge in [0.15, 0.2) is 18.4 Å². The summed E-state index contributed by atoms with van der Waals surface area (Å²) in [6.45, 7) is 12.0. The smallest absolute Gasteiger partial charge is 0.410 e. The highest BCUT2D eigenvalue weighted by Gasteiger charge is 2.31. The molecule has 0 spiro atoms. The van der Waals surface area contributed by atoms with Crippen molar-refractivity contribution < 1.29 is 19.0 Å². The SMILES string of the molecule is COCOc1cc(NCc2c[nH]nc2C)cnc1-c1ccc(N2CCN(C(=O)OC(C)(C)C)[C@H](C)C2)nn1. The molecule has 1 atom stereocenters. The second kappa shape index (κ2) is 11.6. The minimum Gasteiger partial charge on any atom is -0.465 e. The van der Waals surface area contributed by atoms with Crippen LogP contribution in [0.25, 0.3) is 11.4 Å². The normalized spacial score (nSPS) is 15.9. The number of amides is 1. The Morgan fingerprint density at radius 1 is 1.24 bits per heavy atom. The third-order valence-electron chi connectivity index (χ3n) is 6.08. The summed E-state index contributed by atoms with van der Waals surface area (Å²) >= 11 is 0. The lowest BCUT2D eigenvalue weighted by atomic mass is 10.2. The third kappa shape index (κ3) is 6.68. The Kier molecular flexibility index (Phi) is 8.30. The maximum atomic E-state index is 12.5. The number of hydrogen-bond donors (Lipinski definition) is 2. The number of methoxy groups -OCH3 is 1. The molecule has 1 aliphatic heterocycles. The highest BCUT2D eigenvalue weighted by molar-refractivity contribution is 5.69. The summed E-state index contributed by atoms with van der Waals surface area (Å²) in [5.41, 5.74) is 3.42. The van der Waals surface area contributed by atoms with Crippen LogP contribution >= 0.6 is 0 Å². The van der Waals surface area contributed by atoms with Crippen LogP contribution in [0.15, 0.2) is 30.6 Å². The van der Waals surface area contributed by atoms with Crippen LogP contribution in [0.2, 0.25) is 0 Å². The second-order valence-corrected chi connectivity index (χ2v) is 10.2. The summed E-state index contributed by atoms with van der Waals surface area (Å²) in [7, 11) is 1.56. The lowest BCUT2D eigenvalue weighted by molar-refractivity contribution is 0.0158. The predicted octanol–water partition coefficient (Wildman–Crippen LogP) is 3.61. The summed E-state index contributed by atoms with van der Waals surface area (Å²) in [5.74, 6) is 1.26. The van der Waals surface area contributed by atoms with Crippen LogP contribution in [0, 0.1) is 6.92 Å². The molecule has 4 rings (SSSR count). The summed E-state index contributed by atoms with van der Waals surface area (Å²) < 4.78 is 16.5. The molecule has 0 aliphatic carbocycles. The number of carbonyl (C=O) groups is 1. The van der Waals surface area contributed by atoms with Crippen molar-refractivity contribution in [1.82, 2.24) is 30.3 Å². The lowest BCUT2D eigenvalue weighted by Crippen LogP contribution is -2.55. The number of aromatic amines is 1. The van der Waals surface area contributed by atoms with Crippen molar-refractivity contribution in [3.05, 3.63) is 41.9 Å². The van der Waals surface area contributed by atoms with Crippen molar-refractivity contribution in [1.29, 1.82) is 0 Å². The van der Waals surface area contributed by atoms with E-state index in [1.165, 1.54) is 0 Å². The number of carbonyl (C=O) groups excluding carboxylic acids is 1. The minimum atomic E-state index is -0.526. The number of aromatic nitrogens is 5. The van der Waals surface area contributed by atoms with Crippen LogP contribution in [0.3, 0.4) is 0 Å². The number of pyridine rings is 1. The Morgan fingerprint density at radius 3 is 2.68 bits per heavy atom. The van der Waals surface area contributed by atoms with Crippen LogP contribution in [0.1, 0.15) is 39.0 Å². The molecule has 12 nitrogen and oxygen atoms in total. The van der Waals surface area contributed by atoms with Crippen LogP contribution in [0.4, 0.5) is 16.3 Å². The van der Waals surface area contributed by atoms with E-state index in [0.717, 1.165) is 22.8 Å². The zero-order valence-electron chi connectivity index (χ0n) is 22.8. The van der Waals surface area contributed by atoms with Crippen molar-refractivity contribution >= 4 is 17.6 Å². The number of ether oxygens (including phenoxy) is 3. The molecule has 0 saturated carbocycles. The van der Waals surface area contributed by atoms with E-state index in [1.54, 1.807) is 18.2 Å². The molecule has 38 heavy (non-hydrogen) atoms. The van der Waals surface area contributed by atoms with E-state index in [9.17, 15) is 4.79 Å². The zero-order chi connectivity index (χ0) is 27.3. The molecule has 0 unspecified atom stereocenters. The van der Waals surface area contributed by atoms with Gasteiger partial charge >= 0.3 is 6.09 Å². The quantitative estimate of drug-likeness (QED) is 0.421. The fraction of sp³-hybridized carbons (Fsp3) is 0.500. The molecular weight excluding hydrogens is 488 g/mol. The summed E-state index contributed by atoms with van der Waals surface area (Å²) in [6.07, 6.45) is 3.30. The van der Waals surface area contributed by atoms with Crippen LogP contribution < -0.4 is 15.0 Å². The first-order valence-corrected chi connectivity index (χ1v) is 12.6. The van der Waals surface area contributed by atoms with Gasteiger partial charge in [-0.1, -0.05) is 0 Å². The fourth-order valence-electron chi connectivity index (χ4n) is 4.10. The number of hydrogen-bond acceptors (Lipinski definition) is 10. The molecule has 4 heterocycles. The number of aryl methyl sites for hydroxylation is 1. The van der Waals surface area contributed by atoms with Gasteiger partial charge in [-0.15, -0.1) is 10.2 Å². The number of nitrogens with one attached hydrogen (secondary N) is 2. The fourth-order valence-corrected chi connectivity index (χ4v) is 4.10. The Morgan fingerprint density at radius 2 is 2.05 bits per heavy atom. The van der Waals surface area contributed by atoms with Gasteiger partial charge in [-0.2, -0.15) is 5.10 Å². The maximum absolute atomic E-state index is 12.5. The molecule has 0 radical (unpaired) electrons. The number of H-pyrrole nitrogens is 1. The van der Waals surface area contributed by atoms with Crippen molar-refractivity contribution in [2.45, 2.75) is 52.8 Å². The van der Waals surface area contributed by atoms with Crippen molar-refractivity contribution in [3.8, 4) is 17.1 Å². The Balaban J connectivity index is 1.45. The van der Waals surface area contributed by atoms with Gasteiger partial charge in [0.1, 0.15) is 17.0 Å². The number of nitrogens with zero attached hydrogens (tertiary/aromatic N) is 6. The summed E-state index contributed by atoms with van der Waals surface area (Å²) in [4.78, 5) is 21.0. The molecule has 1 saturated heterocycles. The molecule has 3 aromatic heterocycles. The van der Waals surface area contributed by atoms with Gasteiger partial charge in [0.2, 0.25) is 0 Å². The lowest BCUT2D eigenvalue weighted by Gasteiger charge is -2.40. The van der Waals surface area contributed by atoms with E-state index >= 15 is 0 Å². The molecule has 1 aliphatic rings. The molecule has 0 bridgehead atoms. The number of anilines is 2. The average molecular weight is 525 g/mol.